The van der Waals surface area contributed by atoms with Crippen molar-refractivity contribution in [3.05, 3.63) is 94.5 Å². The highest BCUT2D eigenvalue weighted by Crippen LogP contribution is 2.18. The third-order valence-electron chi connectivity index (χ3n) is 4.21. The number of amides is 1. The number of hydrogen-bond donors (Lipinski definition) is 1. The molecule has 0 aliphatic heterocycles. The van der Waals surface area contributed by atoms with Crippen molar-refractivity contribution in [3.8, 4) is 5.75 Å². The summed E-state index contributed by atoms with van der Waals surface area (Å²) in [7, 11) is 0. The molecule has 0 atom stereocenters. The zero-order chi connectivity index (χ0) is 20.9. The largest absolute Gasteiger partial charge is 0.471 e. The van der Waals surface area contributed by atoms with Gasteiger partial charge in [-0.15, -0.1) is 0 Å². The van der Waals surface area contributed by atoms with Crippen molar-refractivity contribution in [2.75, 3.05) is 5.32 Å². The number of benzene rings is 2. The van der Waals surface area contributed by atoms with E-state index in [4.69, 9.17) is 27.9 Å². The van der Waals surface area contributed by atoms with Crippen LogP contribution in [0.3, 0.4) is 0 Å². The Hall–Kier alpha value is -3.29. The molecule has 9 heteroatoms. The molecule has 2 aromatic carbocycles. The number of anilines is 1. The van der Waals surface area contributed by atoms with E-state index in [0.717, 1.165) is 5.56 Å². The standard InChI is InChI=1S/C21H17Cl2N5O2/c22-16-5-3-6-18(10-16)30-14-27-9-8-20(26-27)21(29)25-17-11-24-28(13-17)12-15-4-1-2-7-19(15)23/h1-11,13H,12,14H2,(H,25,29). The number of halogens is 2. The number of nitrogens with one attached hydrogen (secondary N) is 1. The Morgan fingerprint density at radius 3 is 2.77 bits per heavy atom. The van der Waals surface area contributed by atoms with Crippen LogP contribution in [0.2, 0.25) is 10.0 Å². The lowest BCUT2D eigenvalue weighted by atomic mass is 10.2. The maximum absolute atomic E-state index is 12.5. The molecular formula is C21H17Cl2N5O2. The molecule has 0 spiro atoms. The minimum atomic E-state index is -0.339. The molecule has 0 aliphatic carbocycles. The molecule has 0 saturated heterocycles. The summed E-state index contributed by atoms with van der Waals surface area (Å²) in [5.74, 6) is 0.281. The van der Waals surface area contributed by atoms with Crippen molar-refractivity contribution in [1.29, 1.82) is 0 Å². The highest BCUT2D eigenvalue weighted by atomic mass is 35.5. The molecule has 4 rings (SSSR count). The van der Waals surface area contributed by atoms with Crippen LogP contribution >= 0.6 is 23.2 Å². The topological polar surface area (TPSA) is 74.0 Å². The van der Waals surface area contributed by atoms with E-state index in [1.807, 2.05) is 24.3 Å². The average molecular weight is 442 g/mol. The minimum absolute atomic E-state index is 0.156. The predicted molar refractivity (Wildman–Crippen MR) is 115 cm³/mol. The number of carbonyl (C=O) groups excluding carboxylic acids is 1. The summed E-state index contributed by atoms with van der Waals surface area (Å²) in [6.45, 7) is 0.661. The lowest BCUT2D eigenvalue weighted by Crippen LogP contribution is -2.14. The molecule has 4 aromatic rings. The second kappa shape index (κ2) is 9.02. The highest BCUT2D eigenvalue weighted by Gasteiger charge is 2.12. The van der Waals surface area contributed by atoms with Gasteiger partial charge in [-0.3, -0.25) is 9.48 Å². The van der Waals surface area contributed by atoms with Crippen LogP contribution in [-0.2, 0) is 13.3 Å². The maximum atomic E-state index is 12.5. The quantitative estimate of drug-likeness (QED) is 0.450. The van der Waals surface area contributed by atoms with E-state index >= 15 is 0 Å². The first kappa shape index (κ1) is 20.0. The molecule has 30 heavy (non-hydrogen) atoms. The molecule has 2 heterocycles. The zero-order valence-corrected chi connectivity index (χ0v) is 17.2. The van der Waals surface area contributed by atoms with Gasteiger partial charge in [0.05, 0.1) is 18.4 Å². The Balaban J connectivity index is 1.34. The van der Waals surface area contributed by atoms with Crippen LogP contribution in [0.15, 0.2) is 73.2 Å². The summed E-state index contributed by atoms with van der Waals surface area (Å²) in [5, 5.41) is 12.5. The summed E-state index contributed by atoms with van der Waals surface area (Å²) in [6.07, 6.45) is 4.98. The molecule has 7 nitrogen and oxygen atoms in total. The predicted octanol–water partition coefficient (Wildman–Crippen LogP) is 4.72. The summed E-state index contributed by atoms with van der Waals surface area (Å²) in [5.41, 5.74) is 1.78. The van der Waals surface area contributed by atoms with Gasteiger partial charge in [0.25, 0.3) is 5.91 Å². The Morgan fingerprint density at radius 2 is 1.93 bits per heavy atom. The molecule has 152 valence electrons. The van der Waals surface area contributed by atoms with Crippen LogP contribution in [0.5, 0.6) is 5.75 Å². The Kier molecular flexibility index (Phi) is 6.02. The van der Waals surface area contributed by atoms with E-state index in [9.17, 15) is 4.79 Å². The summed E-state index contributed by atoms with van der Waals surface area (Å²) < 4.78 is 8.84. The van der Waals surface area contributed by atoms with Gasteiger partial charge in [-0.05, 0) is 35.9 Å². The normalized spacial score (nSPS) is 10.7. The first-order valence-electron chi connectivity index (χ1n) is 9.06. The molecule has 0 radical (unpaired) electrons. The number of ether oxygens (including phenoxy) is 1. The second-order valence-electron chi connectivity index (χ2n) is 6.44. The molecule has 2 aromatic heterocycles. The van der Waals surface area contributed by atoms with Crippen molar-refractivity contribution < 1.29 is 9.53 Å². The van der Waals surface area contributed by atoms with Gasteiger partial charge in [-0.1, -0.05) is 47.5 Å². The fourth-order valence-electron chi connectivity index (χ4n) is 2.76. The second-order valence-corrected chi connectivity index (χ2v) is 7.29. The Morgan fingerprint density at radius 1 is 1.07 bits per heavy atom. The average Bonchev–Trinajstić information content (AvgIpc) is 3.38. The third-order valence-corrected chi connectivity index (χ3v) is 4.82. The smallest absolute Gasteiger partial charge is 0.276 e. The zero-order valence-electron chi connectivity index (χ0n) is 15.7. The number of carbonyl (C=O) groups is 1. The number of rotatable bonds is 7. The number of nitrogens with zero attached hydrogens (tertiary/aromatic N) is 4. The first-order chi connectivity index (χ1) is 14.6. The number of aromatic nitrogens is 4. The molecule has 0 unspecified atom stereocenters. The van der Waals surface area contributed by atoms with Gasteiger partial charge in [0.1, 0.15) is 5.75 Å². The van der Waals surface area contributed by atoms with Crippen LogP contribution in [0.1, 0.15) is 16.1 Å². The van der Waals surface area contributed by atoms with Gasteiger partial charge < -0.3 is 10.1 Å². The van der Waals surface area contributed by atoms with Gasteiger partial charge in [0.2, 0.25) is 0 Å². The van der Waals surface area contributed by atoms with Crippen molar-refractivity contribution >= 4 is 34.8 Å². The van der Waals surface area contributed by atoms with Crippen LogP contribution < -0.4 is 10.1 Å². The summed E-state index contributed by atoms with van der Waals surface area (Å²) in [4.78, 5) is 12.5. The van der Waals surface area contributed by atoms with E-state index in [-0.39, 0.29) is 18.3 Å². The minimum Gasteiger partial charge on any atom is -0.471 e. The monoisotopic (exact) mass is 441 g/mol. The van der Waals surface area contributed by atoms with E-state index in [1.165, 1.54) is 4.68 Å². The van der Waals surface area contributed by atoms with Gasteiger partial charge in [-0.25, -0.2) is 4.68 Å². The van der Waals surface area contributed by atoms with E-state index in [2.05, 4.69) is 15.5 Å². The van der Waals surface area contributed by atoms with Crippen molar-refractivity contribution in [3.63, 3.8) is 0 Å². The lowest BCUT2D eigenvalue weighted by molar-refractivity contribution is 0.102. The molecular weight excluding hydrogens is 425 g/mol. The third kappa shape index (κ3) is 5.00. The maximum Gasteiger partial charge on any atom is 0.276 e. The number of hydrogen-bond acceptors (Lipinski definition) is 4. The molecule has 1 amide bonds. The molecule has 0 fully saturated rings. The SMILES string of the molecule is O=C(Nc1cnn(Cc2ccccc2Cl)c1)c1ccn(COc2cccc(Cl)c2)n1. The summed E-state index contributed by atoms with van der Waals surface area (Å²) in [6, 6.07) is 16.2. The molecule has 0 aliphatic rings. The van der Waals surface area contributed by atoms with Crippen LogP contribution in [0.4, 0.5) is 5.69 Å². The van der Waals surface area contributed by atoms with E-state index in [1.54, 1.807) is 53.6 Å². The van der Waals surface area contributed by atoms with Gasteiger partial charge in [0.15, 0.2) is 12.4 Å². The van der Waals surface area contributed by atoms with Crippen molar-refractivity contribution in [2.24, 2.45) is 0 Å². The van der Waals surface area contributed by atoms with Crippen molar-refractivity contribution in [2.45, 2.75) is 13.3 Å². The van der Waals surface area contributed by atoms with Gasteiger partial charge >= 0.3 is 0 Å². The molecule has 0 saturated carbocycles. The summed E-state index contributed by atoms with van der Waals surface area (Å²) >= 11 is 12.1. The fourth-order valence-corrected chi connectivity index (χ4v) is 3.14. The highest BCUT2D eigenvalue weighted by molar-refractivity contribution is 6.31. The fraction of sp³-hybridized carbons (Fsp3) is 0.0952. The molecule has 1 N–H and O–H groups in total. The Bertz CT molecular complexity index is 1170. The first-order valence-corrected chi connectivity index (χ1v) is 9.81. The molecule has 0 bridgehead atoms. The van der Waals surface area contributed by atoms with Gasteiger partial charge in [0, 0.05) is 22.4 Å². The van der Waals surface area contributed by atoms with Crippen molar-refractivity contribution in [1.82, 2.24) is 19.6 Å². The Labute approximate surface area is 182 Å². The van der Waals surface area contributed by atoms with Gasteiger partial charge in [-0.2, -0.15) is 10.2 Å². The lowest BCUT2D eigenvalue weighted by Gasteiger charge is -2.06. The van der Waals surface area contributed by atoms with Crippen LogP contribution in [-0.4, -0.2) is 25.5 Å². The van der Waals surface area contributed by atoms with Crippen LogP contribution in [0.25, 0.3) is 0 Å². The van der Waals surface area contributed by atoms with E-state index in [0.29, 0.717) is 28.0 Å². The van der Waals surface area contributed by atoms with Crippen LogP contribution in [0, 0.1) is 0 Å². The van der Waals surface area contributed by atoms with E-state index < -0.39 is 0 Å².